The zero-order valence-corrected chi connectivity index (χ0v) is 18.6. The van der Waals surface area contributed by atoms with Gasteiger partial charge in [-0.2, -0.15) is 18.3 Å². The third-order valence-corrected chi connectivity index (χ3v) is 5.91. The number of hydrogen-bond acceptors (Lipinski definition) is 5. The molecule has 0 atom stereocenters. The lowest BCUT2D eigenvalue weighted by molar-refractivity contribution is -0.137. The fraction of sp³-hybridized carbons (Fsp3) is 0.250. The van der Waals surface area contributed by atoms with Crippen LogP contribution in [0.2, 0.25) is 0 Å². The molecule has 12 heteroatoms. The highest BCUT2D eigenvalue weighted by molar-refractivity contribution is 6.11. The predicted molar refractivity (Wildman–Crippen MR) is 121 cm³/mol. The molecule has 1 aliphatic rings. The standard InChI is InChI=1S/C24H19F5N6O/c25-23(26)5-7-35(13-23)12-14-8-16(11-30-10-14)15-3-4-19-17(9-15)20(34-33-19)22(36)32-21-18(24(27,28)29)2-1-6-31-21/h1-4,6,8-11H,5,7,12-13H2,(H,33,34)(H,31,32,36). The minimum atomic E-state index is -4.69. The molecule has 1 saturated heterocycles. The molecule has 0 radical (unpaired) electrons. The van der Waals surface area contributed by atoms with E-state index in [1.54, 1.807) is 35.5 Å². The monoisotopic (exact) mass is 502 g/mol. The Labute approximate surface area is 201 Å². The number of rotatable bonds is 5. The van der Waals surface area contributed by atoms with Gasteiger partial charge in [-0.1, -0.05) is 6.07 Å². The van der Waals surface area contributed by atoms with Gasteiger partial charge in [0.05, 0.1) is 17.6 Å². The summed E-state index contributed by atoms with van der Waals surface area (Å²) >= 11 is 0. The molecule has 4 heterocycles. The molecular formula is C24H19F5N6O. The number of aromatic amines is 1. The first-order chi connectivity index (χ1) is 17.1. The Morgan fingerprint density at radius 3 is 2.72 bits per heavy atom. The Morgan fingerprint density at radius 2 is 1.97 bits per heavy atom. The van der Waals surface area contributed by atoms with Gasteiger partial charge in [0.25, 0.3) is 11.8 Å². The molecule has 0 spiro atoms. The molecule has 0 saturated carbocycles. The molecule has 1 aliphatic heterocycles. The highest BCUT2D eigenvalue weighted by Gasteiger charge is 2.38. The number of anilines is 1. The van der Waals surface area contributed by atoms with Gasteiger partial charge in [-0.15, -0.1) is 0 Å². The fourth-order valence-electron chi connectivity index (χ4n) is 4.20. The summed E-state index contributed by atoms with van der Waals surface area (Å²) in [5, 5.41) is 9.26. The number of nitrogens with one attached hydrogen (secondary N) is 2. The van der Waals surface area contributed by atoms with Crippen molar-refractivity contribution in [2.75, 3.05) is 18.4 Å². The first-order valence-electron chi connectivity index (χ1n) is 11.0. The van der Waals surface area contributed by atoms with Crippen LogP contribution in [-0.2, 0) is 12.7 Å². The summed E-state index contributed by atoms with van der Waals surface area (Å²) in [4.78, 5) is 22.4. The lowest BCUT2D eigenvalue weighted by Gasteiger charge is -2.15. The quantitative estimate of drug-likeness (QED) is 0.370. The van der Waals surface area contributed by atoms with Crippen LogP contribution in [0.4, 0.5) is 27.8 Å². The summed E-state index contributed by atoms with van der Waals surface area (Å²) in [6.07, 6.45) is -0.506. The highest BCUT2D eigenvalue weighted by atomic mass is 19.4. The minimum Gasteiger partial charge on any atom is -0.305 e. The second kappa shape index (κ2) is 8.94. The number of aromatic nitrogens is 4. The van der Waals surface area contributed by atoms with E-state index in [-0.39, 0.29) is 18.7 Å². The average Bonchev–Trinajstić information content (AvgIpc) is 3.41. The van der Waals surface area contributed by atoms with E-state index in [2.05, 4.69) is 25.5 Å². The van der Waals surface area contributed by atoms with Gasteiger partial charge >= 0.3 is 6.18 Å². The summed E-state index contributed by atoms with van der Waals surface area (Å²) in [5.41, 5.74) is 1.45. The number of likely N-dealkylation sites (tertiary alicyclic amines) is 1. The molecule has 1 aromatic carbocycles. The minimum absolute atomic E-state index is 0.103. The van der Waals surface area contributed by atoms with Gasteiger partial charge in [-0.3, -0.25) is 19.8 Å². The van der Waals surface area contributed by atoms with E-state index in [9.17, 15) is 26.7 Å². The molecule has 4 aromatic rings. The van der Waals surface area contributed by atoms with Gasteiger partial charge in [0.1, 0.15) is 5.82 Å². The van der Waals surface area contributed by atoms with Gasteiger partial charge < -0.3 is 5.32 Å². The molecule has 0 unspecified atom stereocenters. The first kappa shape index (κ1) is 23.8. The molecule has 3 aromatic heterocycles. The summed E-state index contributed by atoms with van der Waals surface area (Å²) < 4.78 is 66.9. The van der Waals surface area contributed by atoms with Crippen LogP contribution in [0.3, 0.4) is 0 Å². The maximum Gasteiger partial charge on any atom is 0.419 e. The molecular weight excluding hydrogens is 483 g/mol. The van der Waals surface area contributed by atoms with Crippen molar-refractivity contribution in [2.24, 2.45) is 0 Å². The largest absolute Gasteiger partial charge is 0.419 e. The Balaban J connectivity index is 1.41. The van der Waals surface area contributed by atoms with Crippen molar-refractivity contribution in [1.82, 2.24) is 25.1 Å². The van der Waals surface area contributed by atoms with E-state index in [1.165, 1.54) is 0 Å². The molecule has 7 nitrogen and oxygen atoms in total. The average molecular weight is 502 g/mol. The van der Waals surface area contributed by atoms with Crippen molar-refractivity contribution < 1.29 is 26.7 Å². The smallest absolute Gasteiger partial charge is 0.305 e. The Bertz CT molecular complexity index is 1430. The van der Waals surface area contributed by atoms with Gasteiger partial charge in [0, 0.05) is 49.1 Å². The van der Waals surface area contributed by atoms with Gasteiger partial charge in [0.2, 0.25) is 0 Å². The number of pyridine rings is 2. The van der Waals surface area contributed by atoms with Crippen molar-refractivity contribution in [3.63, 3.8) is 0 Å². The van der Waals surface area contributed by atoms with Crippen molar-refractivity contribution in [1.29, 1.82) is 0 Å². The molecule has 1 amide bonds. The van der Waals surface area contributed by atoms with Gasteiger partial charge in [0.15, 0.2) is 5.69 Å². The second-order valence-electron chi connectivity index (χ2n) is 8.58. The fourth-order valence-corrected chi connectivity index (χ4v) is 4.20. The molecule has 5 rings (SSSR count). The Hall–Kier alpha value is -3.93. The topological polar surface area (TPSA) is 86.8 Å². The molecule has 36 heavy (non-hydrogen) atoms. The zero-order chi connectivity index (χ0) is 25.5. The van der Waals surface area contributed by atoms with Crippen LogP contribution in [-0.4, -0.2) is 50.0 Å². The molecule has 2 N–H and O–H groups in total. The SMILES string of the molecule is O=C(Nc1ncccc1C(F)(F)F)c1n[nH]c2ccc(-c3cncc(CN4CCC(F)(F)C4)c3)cc12. The van der Waals surface area contributed by atoms with Gasteiger partial charge in [-0.25, -0.2) is 13.8 Å². The van der Waals surface area contributed by atoms with Crippen LogP contribution in [0.15, 0.2) is 55.0 Å². The molecule has 0 bridgehead atoms. The summed E-state index contributed by atoms with van der Waals surface area (Å²) in [6, 6.07) is 8.91. The molecule has 1 fully saturated rings. The second-order valence-corrected chi connectivity index (χ2v) is 8.58. The predicted octanol–water partition coefficient (Wildman–Crippen LogP) is 5.13. The third kappa shape index (κ3) is 4.89. The van der Waals surface area contributed by atoms with Crippen LogP contribution in [0.1, 0.15) is 28.0 Å². The molecule has 186 valence electrons. The van der Waals surface area contributed by atoms with E-state index in [1.807, 2.05) is 6.07 Å². The number of carbonyl (C=O) groups excluding carboxylic acids is 1. The summed E-state index contributed by atoms with van der Waals surface area (Å²) in [6.45, 7) is 0.315. The summed E-state index contributed by atoms with van der Waals surface area (Å²) in [7, 11) is 0. The van der Waals surface area contributed by atoms with Crippen molar-refractivity contribution >= 4 is 22.6 Å². The Kier molecular flexibility index (Phi) is 5.91. The number of amides is 1. The number of halogens is 5. The number of nitrogens with zero attached hydrogens (tertiary/aromatic N) is 4. The van der Waals surface area contributed by atoms with Crippen LogP contribution in [0, 0.1) is 0 Å². The third-order valence-electron chi connectivity index (χ3n) is 5.91. The van der Waals surface area contributed by atoms with E-state index < -0.39 is 29.4 Å². The maximum atomic E-state index is 13.5. The van der Waals surface area contributed by atoms with E-state index >= 15 is 0 Å². The van der Waals surface area contributed by atoms with Crippen LogP contribution in [0.5, 0.6) is 0 Å². The summed E-state index contributed by atoms with van der Waals surface area (Å²) in [5.74, 6) is -4.17. The lowest BCUT2D eigenvalue weighted by atomic mass is 10.0. The lowest BCUT2D eigenvalue weighted by Crippen LogP contribution is -2.24. The van der Waals surface area contributed by atoms with Gasteiger partial charge in [-0.05, 0) is 41.5 Å². The normalized spacial score (nSPS) is 15.9. The maximum absolute atomic E-state index is 13.5. The van der Waals surface area contributed by atoms with Crippen molar-refractivity contribution in [3.8, 4) is 11.1 Å². The van der Waals surface area contributed by atoms with Crippen LogP contribution in [0.25, 0.3) is 22.0 Å². The van der Waals surface area contributed by atoms with Crippen LogP contribution >= 0.6 is 0 Å². The number of H-pyrrole nitrogens is 1. The van der Waals surface area contributed by atoms with E-state index in [0.29, 0.717) is 35.1 Å². The van der Waals surface area contributed by atoms with Crippen LogP contribution < -0.4 is 5.32 Å². The number of benzene rings is 1. The zero-order valence-electron chi connectivity index (χ0n) is 18.6. The number of carbonyl (C=O) groups is 1. The van der Waals surface area contributed by atoms with E-state index in [4.69, 9.17) is 0 Å². The Morgan fingerprint density at radius 1 is 1.14 bits per heavy atom. The number of fused-ring (bicyclic) bond motifs is 1. The first-order valence-corrected chi connectivity index (χ1v) is 11.0. The molecule has 0 aliphatic carbocycles. The highest BCUT2D eigenvalue weighted by Crippen LogP contribution is 2.34. The number of hydrogen-bond donors (Lipinski definition) is 2. The van der Waals surface area contributed by atoms with Crippen molar-refractivity contribution in [3.05, 3.63) is 71.8 Å². The van der Waals surface area contributed by atoms with Crippen molar-refractivity contribution in [2.45, 2.75) is 25.1 Å². The number of alkyl halides is 5. The van der Waals surface area contributed by atoms with E-state index in [0.717, 1.165) is 23.9 Å².